The van der Waals surface area contributed by atoms with Gasteiger partial charge in [-0.15, -0.1) is 0 Å². The fourth-order valence-corrected chi connectivity index (χ4v) is 1.80. The van der Waals surface area contributed by atoms with Gasteiger partial charge in [-0.05, 0) is 20.8 Å². The third-order valence-electron chi connectivity index (χ3n) is 3.20. The van der Waals surface area contributed by atoms with Crippen molar-refractivity contribution in [1.82, 2.24) is 0 Å². The number of ether oxygens (including phenoxy) is 1. The summed E-state index contributed by atoms with van der Waals surface area (Å²) in [6.07, 6.45) is 0.498. The summed E-state index contributed by atoms with van der Waals surface area (Å²) in [5.41, 5.74) is 0. The summed E-state index contributed by atoms with van der Waals surface area (Å²) in [7, 11) is 0. The largest absolute Gasteiger partial charge is 1.00 e. The van der Waals surface area contributed by atoms with Gasteiger partial charge in [0.15, 0.2) is 0 Å². The maximum absolute atomic E-state index is 10.8. The molecule has 5 heteroatoms. The van der Waals surface area contributed by atoms with Crippen molar-refractivity contribution in [2.75, 3.05) is 32.8 Å². The first-order valence-electron chi connectivity index (χ1n) is 5.85. The van der Waals surface area contributed by atoms with E-state index in [1.54, 1.807) is 0 Å². The van der Waals surface area contributed by atoms with Crippen molar-refractivity contribution in [2.45, 2.75) is 26.9 Å². The molecule has 0 radical (unpaired) electrons. The van der Waals surface area contributed by atoms with Crippen molar-refractivity contribution in [2.24, 2.45) is 0 Å². The molecule has 0 heterocycles. The molecule has 4 nitrogen and oxygen atoms in total. The summed E-state index contributed by atoms with van der Waals surface area (Å²) in [6.45, 7) is 13.2. The Kier molecular flexibility index (Phi) is 10.4. The van der Waals surface area contributed by atoms with Gasteiger partial charge in [-0.3, -0.25) is 0 Å². The van der Waals surface area contributed by atoms with Gasteiger partial charge in [0.2, 0.25) is 0 Å². The number of hydrogen-bond acceptors (Lipinski definition) is 3. The van der Waals surface area contributed by atoms with Gasteiger partial charge in [0.25, 0.3) is 0 Å². The highest BCUT2D eigenvalue weighted by Gasteiger charge is 2.25. The number of hydrogen-bond donors (Lipinski definition) is 1. The van der Waals surface area contributed by atoms with E-state index in [-0.39, 0.29) is 19.0 Å². The quantitative estimate of drug-likeness (QED) is 0.312. The maximum Gasteiger partial charge on any atom is 0.330 e. The number of carbonyl (C=O) groups is 1. The molecule has 0 fully saturated rings. The first-order valence-corrected chi connectivity index (χ1v) is 5.85. The van der Waals surface area contributed by atoms with Crippen LogP contribution in [0.25, 0.3) is 0 Å². The molecule has 0 aromatic heterocycles. The van der Waals surface area contributed by atoms with Crippen molar-refractivity contribution in [3.05, 3.63) is 12.7 Å². The van der Waals surface area contributed by atoms with Crippen LogP contribution >= 0.6 is 0 Å². The summed E-state index contributed by atoms with van der Waals surface area (Å²) in [5.74, 6) is -0.485. The predicted octanol–water partition coefficient (Wildman–Crippen LogP) is -2.04. The molecule has 0 aliphatic carbocycles. The zero-order valence-corrected chi connectivity index (χ0v) is 11.7. The highest BCUT2D eigenvalue weighted by Crippen LogP contribution is 2.07. The molecule has 1 N–H and O–H groups in total. The van der Waals surface area contributed by atoms with Crippen LogP contribution in [0.2, 0.25) is 0 Å². The lowest BCUT2D eigenvalue weighted by molar-refractivity contribution is -0.926. The molecule has 0 saturated heterocycles. The number of aliphatic hydroxyl groups excluding tert-OH is 1. The number of nitrogens with zero attached hydrogens (tertiary/aromatic N) is 1. The second-order valence-corrected chi connectivity index (χ2v) is 3.96. The van der Waals surface area contributed by atoms with Crippen LogP contribution in [0.1, 0.15) is 20.8 Å². The Hall–Kier alpha value is -0.580. The zero-order valence-electron chi connectivity index (χ0n) is 11.0. The van der Waals surface area contributed by atoms with Gasteiger partial charge in [-0.25, -0.2) is 4.79 Å². The number of halogens is 1. The van der Waals surface area contributed by atoms with Crippen LogP contribution in [0.5, 0.6) is 0 Å². The number of rotatable bonds is 8. The van der Waals surface area contributed by atoms with E-state index in [4.69, 9.17) is 4.74 Å². The molecule has 0 bridgehead atoms. The standard InChI is InChI=1S/C12H24NO3.ClH/c1-5-12(15)16-10-11(14)9-13(6-2,7-3)8-4;/h5,11,14H,1,6-10H2,2-4H3;1H/q+1;/p-1. The van der Waals surface area contributed by atoms with Crippen LogP contribution in [-0.2, 0) is 9.53 Å². The van der Waals surface area contributed by atoms with E-state index in [2.05, 4.69) is 27.4 Å². The Labute approximate surface area is 110 Å². The van der Waals surface area contributed by atoms with Gasteiger partial charge in [0, 0.05) is 6.08 Å². The highest BCUT2D eigenvalue weighted by atomic mass is 35.5. The molecule has 1 unspecified atom stereocenters. The lowest BCUT2D eigenvalue weighted by Crippen LogP contribution is -3.00. The normalized spacial score (nSPS) is 12.5. The van der Waals surface area contributed by atoms with Crippen molar-refractivity contribution in [3.63, 3.8) is 0 Å². The monoisotopic (exact) mass is 265 g/mol. The van der Waals surface area contributed by atoms with Crippen molar-refractivity contribution >= 4 is 5.97 Å². The summed E-state index contributed by atoms with van der Waals surface area (Å²) in [4.78, 5) is 10.8. The fraction of sp³-hybridized carbons (Fsp3) is 0.750. The molecule has 0 spiro atoms. The van der Waals surface area contributed by atoms with Gasteiger partial charge in [-0.1, -0.05) is 6.58 Å². The third-order valence-corrected chi connectivity index (χ3v) is 3.20. The Balaban J connectivity index is 0. The average Bonchev–Trinajstić information content (AvgIpc) is 2.33. The molecule has 0 saturated carbocycles. The second-order valence-electron chi connectivity index (χ2n) is 3.96. The molecule has 1 atom stereocenters. The average molecular weight is 266 g/mol. The van der Waals surface area contributed by atoms with Gasteiger partial charge in [-0.2, -0.15) is 0 Å². The molecule has 17 heavy (non-hydrogen) atoms. The van der Waals surface area contributed by atoms with Crippen LogP contribution in [0.4, 0.5) is 0 Å². The van der Waals surface area contributed by atoms with Crippen LogP contribution in [0.15, 0.2) is 12.7 Å². The second kappa shape index (κ2) is 9.45. The Morgan fingerprint density at radius 1 is 1.35 bits per heavy atom. The van der Waals surface area contributed by atoms with Crippen LogP contribution < -0.4 is 12.4 Å². The minimum absolute atomic E-state index is 0. The molecular formula is C12H24ClNO3. The van der Waals surface area contributed by atoms with Gasteiger partial charge in [0.05, 0.1) is 19.6 Å². The van der Waals surface area contributed by atoms with Gasteiger partial charge in [0.1, 0.15) is 19.3 Å². The van der Waals surface area contributed by atoms with Crippen molar-refractivity contribution in [3.8, 4) is 0 Å². The topological polar surface area (TPSA) is 46.5 Å². The zero-order chi connectivity index (χ0) is 12.6. The van der Waals surface area contributed by atoms with E-state index in [0.717, 1.165) is 30.2 Å². The number of aliphatic hydroxyl groups is 1. The van der Waals surface area contributed by atoms with E-state index < -0.39 is 12.1 Å². The smallest absolute Gasteiger partial charge is 0.330 e. The van der Waals surface area contributed by atoms with E-state index in [1.807, 2.05) is 0 Å². The molecule has 0 aliphatic rings. The van der Waals surface area contributed by atoms with E-state index in [0.29, 0.717) is 6.54 Å². The first-order chi connectivity index (χ1) is 7.53. The number of likely N-dealkylation sites (N-methyl/N-ethyl adjacent to an activating group) is 1. The van der Waals surface area contributed by atoms with E-state index >= 15 is 0 Å². The van der Waals surface area contributed by atoms with Crippen LogP contribution in [0, 0.1) is 0 Å². The number of quaternary nitrogens is 1. The summed E-state index contributed by atoms with van der Waals surface area (Å²) >= 11 is 0. The van der Waals surface area contributed by atoms with E-state index in [9.17, 15) is 9.90 Å². The van der Waals surface area contributed by atoms with Crippen molar-refractivity contribution < 1.29 is 31.5 Å². The lowest BCUT2D eigenvalue weighted by Gasteiger charge is -2.37. The van der Waals surface area contributed by atoms with Crippen molar-refractivity contribution in [1.29, 1.82) is 0 Å². The molecular weight excluding hydrogens is 242 g/mol. The maximum atomic E-state index is 10.8. The van der Waals surface area contributed by atoms with Crippen LogP contribution in [-0.4, -0.2) is 54.4 Å². The summed E-state index contributed by atoms with van der Waals surface area (Å²) < 4.78 is 5.66. The number of esters is 1. The Bertz CT molecular complexity index is 222. The van der Waals surface area contributed by atoms with Gasteiger partial charge >= 0.3 is 5.97 Å². The lowest BCUT2D eigenvalue weighted by atomic mass is 10.2. The molecule has 102 valence electrons. The third kappa shape index (κ3) is 6.66. The number of carbonyl (C=O) groups excluding carboxylic acids is 1. The minimum Gasteiger partial charge on any atom is -1.00 e. The molecule has 0 aromatic carbocycles. The SMILES string of the molecule is C=CC(=O)OCC(O)C[N+](CC)(CC)CC.[Cl-]. The molecule has 0 aromatic rings. The first kappa shape index (κ1) is 18.8. The summed E-state index contributed by atoms with van der Waals surface area (Å²) in [5, 5.41) is 9.80. The van der Waals surface area contributed by atoms with Gasteiger partial charge < -0.3 is 26.7 Å². The Morgan fingerprint density at radius 2 is 1.82 bits per heavy atom. The van der Waals surface area contributed by atoms with Crippen LogP contribution in [0.3, 0.4) is 0 Å². The highest BCUT2D eigenvalue weighted by molar-refractivity contribution is 5.81. The Morgan fingerprint density at radius 3 is 2.18 bits per heavy atom. The molecule has 0 amide bonds. The molecule has 0 aliphatic heterocycles. The van der Waals surface area contributed by atoms with E-state index in [1.165, 1.54) is 0 Å². The fourth-order valence-electron chi connectivity index (χ4n) is 1.80. The molecule has 0 rings (SSSR count). The minimum atomic E-state index is -0.608. The predicted molar refractivity (Wildman–Crippen MR) is 63.9 cm³/mol. The summed E-state index contributed by atoms with van der Waals surface area (Å²) in [6, 6.07) is 0.